The zero-order chi connectivity index (χ0) is 9.80. The summed E-state index contributed by atoms with van der Waals surface area (Å²) in [5.41, 5.74) is 0. The largest absolute Gasteiger partial charge is 0.306 e. The Kier molecular flexibility index (Phi) is 3.45. The second-order valence-corrected chi connectivity index (χ2v) is 4.87. The van der Waals surface area contributed by atoms with Crippen molar-refractivity contribution >= 4 is 11.8 Å². The molecule has 1 fully saturated rings. The molecule has 0 unspecified atom stereocenters. The van der Waals surface area contributed by atoms with E-state index in [1.807, 2.05) is 18.1 Å². The highest BCUT2D eigenvalue weighted by Gasteiger charge is 2.25. The summed E-state index contributed by atoms with van der Waals surface area (Å²) >= 11 is 1.85. The molecule has 0 aromatic carbocycles. The molecule has 0 radical (unpaired) electrons. The fourth-order valence-electron chi connectivity index (χ4n) is 1.45. The summed E-state index contributed by atoms with van der Waals surface area (Å²) in [5, 5.41) is 9.24. The molecule has 78 valence electrons. The third kappa shape index (κ3) is 2.50. The van der Waals surface area contributed by atoms with E-state index in [9.17, 15) is 0 Å². The summed E-state index contributed by atoms with van der Waals surface area (Å²) in [6.07, 6.45) is 8.39. The van der Waals surface area contributed by atoms with Gasteiger partial charge in [0.1, 0.15) is 6.33 Å². The molecular weight excluding hydrogens is 194 g/mol. The molecule has 3 nitrogen and oxygen atoms in total. The maximum atomic E-state index is 4.15. The molecule has 1 heterocycles. The third-order valence-electron chi connectivity index (χ3n) is 2.46. The van der Waals surface area contributed by atoms with Crippen molar-refractivity contribution in [3.8, 4) is 0 Å². The van der Waals surface area contributed by atoms with Crippen molar-refractivity contribution < 1.29 is 0 Å². The topological polar surface area (TPSA) is 30.7 Å². The lowest BCUT2D eigenvalue weighted by molar-refractivity contribution is 0.662. The smallest absolute Gasteiger partial charge is 0.191 e. The summed E-state index contributed by atoms with van der Waals surface area (Å²) in [5.74, 6) is 1.18. The number of unbranched alkanes of at least 4 members (excludes halogenated alkanes) is 2. The van der Waals surface area contributed by atoms with Crippen LogP contribution in [0.5, 0.6) is 0 Å². The van der Waals surface area contributed by atoms with Crippen molar-refractivity contribution in [3.05, 3.63) is 6.33 Å². The molecule has 0 N–H and O–H groups in total. The highest BCUT2D eigenvalue weighted by Crippen LogP contribution is 2.37. The summed E-state index contributed by atoms with van der Waals surface area (Å²) in [6, 6.07) is 0.707. The number of hydrogen-bond donors (Lipinski definition) is 0. The van der Waals surface area contributed by atoms with Gasteiger partial charge in [0, 0.05) is 11.8 Å². The van der Waals surface area contributed by atoms with Crippen molar-refractivity contribution in [1.29, 1.82) is 0 Å². The molecule has 0 bridgehead atoms. The first kappa shape index (κ1) is 10.0. The summed E-state index contributed by atoms with van der Waals surface area (Å²) in [7, 11) is 0. The Morgan fingerprint density at radius 1 is 1.50 bits per heavy atom. The van der Waals surface area contributed by atoms with Crippen LogP contribution in [0.15, 0.2) is 11.5 Å². The van der Waals surface area contributed by atoms with Crippen molar-refractivity contribution in [2.24, 2.45) is 0 Å². The Morgan fingerprint density at radius 2 is 2.36 bits per heavy atom. The predicted octanol–water partition coefficient (Wildman–Crippen LogP) is 2.90. The van der Waals surface area contributed by atoms with Crippen LogP contribution in [-0.4, -0.2) is 20.5 Å². The lowest BCUT2D eigenvalue weighted by atomic mass is 10.3. The van der Waals surface area contributed by atoms with Gasteiger partial charge in [-0.25, -0.2) is 0 Å². The van der Waals surface area contributed by atoms with Crippen LogP contribution in [0.25, 0.3) is 0 Å². The maximum absolute atomic E-state index is 4.15. The fraction of sp³-hybridized carbons (Fsp3) is 0.800. The Hall–Kier alpha value is -0.510. The van der Waals surface area contributed by atoms with E-state index in [4.69, 9.17) is 0 Å². The minimum absolute atomic E-state index is 0.707. The molecule has 0 amide bonds. The van der Waals surface area contributed by atoms with Gasteiger partial charge >= 0.3 is 0 Å². The van der Waals surface area contributed by atoms with Gasteiger partial charge in [0.25, 0.3) is 0 Å². The van der Waals surface area contributed by atoms with Crippen molar-refractivity contribution in [1.82, 2.24) is 14.8 Å². The van der Waals surface area contributed by atoms with Crippen molar-refractivity contribution in [2.45, 2.75) is 50.2 Å². The zero-order valence-corrected chi connectivity index (χ0v) is 9.46. The standard InChI is InChI=1S/C10H17N3S/c1-2-3-4-7-14-10-12-11-8-13(10)9-5-6-9/h8-9H,2-7H2,1H3. The van der Waals surface area contributed by atoms with Gasteiger partial charge in [-0.1, -0.05) is 31.5 Å². The molecular formula is C10H17N3S. The van der Waals surface area contributed by atoms with Crippen LogP contribution in [-0.2, 0) is 0 Å². The molecule has 2 rings (SSSR count). The van der Waals surface area contributed by atoms with Gasteiger partial charge in [0.2, 0.25) is 0 Å². The van der Waals surface area contributed by atoms with E-state index in [1.165, 1.54) is 37.9 Å². The van der Waals surface area contributed by atoms with Gasteiger partial charge in [-0.15, -0.1) is 10.2 Å². The number of thioether (sulfide) groups is 1. The van der Waals surface area contributed by atoms with Crippen LogP contribution in [0.1, 0.15) is 45.1 Å². The molecule has 0 aliphatic heterocycles. The maximum Gasteiger partial charge on any atom is 0.191 e. The summed E-state index contributed by atoms with van der Waals surface area (Å²) in [4.78, 5) is 0. The molecule has 14 heavy (non-hydrogen) atoms. The number of aromatic nitrogens is 3. The molecule has 1 aromatic rings. The third-order valence-corrected chi connectivity index (χ3v) is 3.50. The first-order valence-corrected chi connectivity index (χ1v) is 6.42. The summed E-state index contributed by atoms with van der Waals surface area (Å²) in [6.45, 7) is 2.23. The van der Waals surface area contributed by atoms with Crippen LogP contribution in [0, 0.1) is 0 Å². The second-order valence-electron chi connectivity index (χ2n) is 3.81. The van der Waals surface area contributed by atoms with E-state index < -0.39 is 0 Å². The van der Waals surface area contributed by atoms with E-state index in [2.05, 4.69) is 21.7 Å². The fourth-order valence-corrected chi connectivity index (χ4v) is 2.44. The van der Waals surface area contributed by atoms with Crippen LogP contribution >= 0.6 is 11.8 Å². The molecule has 0 atom stereocenters. The zero-order valence-electron chi connectivity index (χ0n) is 8.65. The lowest BCUT2D eigenvalue weighted by Crippen LogP contribution is -1.95. The Labute approximate surface area is 89.3 Å². The highest BCUT2D eigenvalue weighted by molar-refractivity contribution is 7.99. The molecule has 0 spiro atoms. The second kappa shape index (κ2) is 4.82. The van der Waals surface area contributed by atoms with Crippen LogP contribution in [0.2, 0.25) is 0 Å². The van der Waals surface area contributed by atoms with Crippen molar-refractivity contribution in [2.75, 3.05) is 5.75 Å². The quantitative estimate of drug-likeness (QED) is 0.535. The highest BCUT2D eigenvalue weighted by atomic mass is 32.2. The van der Waals surface area contributed by atoms with Crippen LogP contribution in [0.3, 0.4) is 0 Å². The van der Waals surface area contributed by atoms with Gasteiger partial charge < -0.3 is 4.57 Å². The Balaban J connectivity index is 1.80. The van der Waals surface area contributed by atoms with Crippen molar-refractivity contribution in [3.63, 3.8) is 0 Å². The van der Waals surface area contributed by atoms with Crippen LogP contribution < -0.4 is 0 Å². The first-order chi connectivity index (χ1) is 6.92. The van der Waals surface area contributed by atoms with Gasteiger partial charge in [0.15, 0.2) is 5.16 Å². The SMILES string of the molecule is CCCCCSc1nncn1C1CC1. The van der Waals surface area contributed by atoms with E-state index in [0.29, 0.717) is 6.04 Å². The van der Waals surface area contributed by atoms with E-state index in [0.717, 1.165) is 5.16 Å². The Bertz CT molecular complexity index is 281. The number of hydrogen-bond acceptors (Lipinski definition) is 3. The molecule has 4 heteroatoms. The average Bonchev–Trinajstić information content (AvgIpc) is 2.94. The average molecular weight is 211 g/mol. The van der Waals surface area contributed by atoms with Gasteiger partial charge in [-0.3, -0.25) is 0 Å². The van der Waals surface area contributed by atoms with E-state index in [1.54, 1.807) is 0 Å². The first-order valence-electron chi connectivity index (χ1n) is 5.44. The minimum atomic E-state index is 0.707. The molecule has 1 aromatic heterocycles. The summed E-state index contributed by atoms with van der Waals surface area (Å²) < 4.78 is 2.23. The lowest BCUT2D eigenvalue weighted by Gasteiger charge is -2.02. The van der Waals surface area contributed by atoms with E-state index >= 15 is 0 Å². The minimum Gasteiger partial charge on any atom is -0.306 e. The van der Waals surface area contributed by atoms with Crippen LogP contribution in [0.4, 0.5) is 0 Å². The normalized spacial score (nSPS) is 16.1. The van der Waals surface area contributed by atoms with Gasteiger partial charge in [-0.2, -0.15) is 0 Å². The monoisotopic (exact) mass is 211 g/mol. The molecule has 0 saturated heterocycles. The predicted molar refractivity (Wildman–Crippen MR) is 58.5 cm³/mol. The molecule has 1 aliphatic carbocycles. The molecule has 1 saturated carbocycles. The number of nitrogens with zero attached hydrogens (tertiary/aromatic N) is 3. The Morgan fingerprint density at radius 3 is 3.07 bits per heavy atom. The van der Waals surface area contributed by atoms with Gasteiger partial charge in [-0.05, 0) is 19.3 Å². The van der Waals surface area contributed by atoms with E-state index in [-0.39, 0.29) is 0 Å². The number of rotatable bonds is 6. The van der Waals surface area contributed by atoms with Gasteiger partial charge in [0.05, 0.1) is 0 Å². The molecule has 1 aliphatic rings.